The largest absolute Gasteiger partial charge is 0.282 e. The molecule has 5 rings (SSSR count). The molecule has 0 spiro atoms. The van der Waals surface area contributed by atoms with Crippen molar-refractivity contribution in [1.29, 1.82) is 0 Å². The molecule has 0 amide bonds. The van der Waals surface area contributed by atoms with Crippen LogP contribution in [-0.2, 0) is 0 Å². The highest BCUT2D eigenvalue weighted by Crippen LogP contribution is 2.29. The third kappa shape index (κ3) is 2.32. The maximum atomic E-state index is 4.75. The van der Waals surface area contributed by atoms with E-state index in [4.69, 9.17) is 4.98 Å². The number of fused-ring (bicyclic) bond motifs is 3. The number of rotatable bonds is 2. The molecule has 5 heterocycles. The number of pyridine rings is 2. The van der Waals surface area contributed by atoms with Crippen LogP contribution in [0.5, 0.6) is 0 Å². The molecule has 0 atom stereocenters. The Morgan fingerprint density at radius 3 is 2.52 bits per heavy atom. The minimum Gasteiger partial charge on any atom is -0.282 e. The fourth-order valence-electron chi connectivity index (χ4n) is 3.40. The SMILES string of the molecule is Cc1cccc(-n2c(C)c(C)c3c2ncn2nc(-c4ccccn4)nc32)n1. The predicted octanol–water partition coefficient (Wildman–Crippen LogP) is 3.45. The number of hydrogen-bond acceptors (Lipinski definition) is 5. The van der Waals surface area contributed by atoms with Crippen LogP contribution in [0.25, 0.3) is 34.0 Å². The van der Waals surface area contributed by atoms with E-state index in [1.54, 1.807) is 17.0 Å². The van der Waals surface area contributed by atoms with E-state index in [-0.39, 0.29) is 0 Å². The Bertz CT molecular complexity index is 1300. The van der Waals surface area contributed by atoms with Gasteiger partial charge in [0.05, 0.1) is 5.39 Å². The van der Waals surface area contributed by atoms with Crippen LogP contribution in [0.3, 0.4) is 0 Å². The van der Waals surface area contributed by atoms with Crippen molar-refractivity contribution in [2.45, 2.75) is 20.8 Å². The van der Waals surface area contributed by atoms with Crippen LogP contribution in [-0.4, -0.2) is 34.1 Å². The standard InChI is InChI=1S/C20H17N7/c1-12-7-6-9-16(23-12)27-14(3)13(2)17-19(27)22-11-26-20(17)24-18(25-26)15-8-4-5-10-21-15/h4-11H,1-3H3. The van der Waals surface area contributed by atoms with Crippen molar-refractivity contribution in [3.8, 4) is 17.3 Å². The molecule has 5 aromatic heterocycles. The van der Waals surface area contributed by atoms with Gasteiger partial charge in [0.25, 0.3) is 0 Å². The molecular weight excluding hydrogens is 338 g/mol. The van der Waals surface area contributed by atoms with E-state index < -0.39 is 0 Å². The van der Waals surface area contributed by atoms with Gasteiger partial charge < -0.3 is 0 Å². The summed E-state index contributed by atoms with van der Waals surface area (Å²) in [5.41, 5.74) is 5.51. The molecule has 5 aromatic rings. The van der Waals surface area contributed by atoms with Crippen molar-refractivity contribution in [3.05, 3.63) is 65.9 Å². The van der Waals surface area contributed by atoms with E-state index in [1.807, 2.05) is 43.3 Å². The lowest BCUT2D eigenvalue weighted by Crippen LogP contribution is -2.02. The van der Waals surface area contributed by atoms with E-state index in [2.05, 4.69) is 38.5 Å². The van der Waals surface area contributed by atoms with Gasteiger partial charge in [-0.2, -0.15) is 0 Å². The van der Waals surface area contributed by atoms with E-state index in [0.29, 0.717) is 5.82 Å². The Balaban J connectivity index is 1.82. The second kappa shape index (κ2) is 5.70. The molecule has 7 nitrogen and oxygen atoms in total. The molecule has 0 aliphatic carbocycles. The van der Waals surface area contributed by atoms with E-state index >= 15 is 0 Å². The molecule has 0 bridgehead atoms. The average molecular weight is 355 g/mol. The molecular formula is C20H17N7. The van der Waals surface area contributed by atoms with E-state index in [9.17, 15) is 0 Å². The lowest BCUT2D eigenvalue weighted by atomic mass is 10.2. The first-order valence-corrected chi connectivity index (χ1v) is 8.72. The van der Waals surface area contributed by atoms with Gasteiger partial charge in [-0.25, -0.2) is 19.5 Å². The van der Waals surface area contributed by atoms with E-state index in [0.717, 1.165) is 45.1 Å². The molecule has 0 N–H and O–H groups in total. The molecule has 0 unspecified atom stereocenters. The third-order valence-corrected chi connectivity index (χ3v) is 4.83. The average Bonchev–Trinajstić information content (AvgIpc) is 3.22. The van der Waals surface area contributed by atoms with E-state index in [1.165, 1.54) is 0 Å². The fourth-order valence-corrected chi connectivity index (χ4v) is 3.40. The second-order valence-electron chi connectivity index (χ2n) is 6.54. The number of hydrogen-bond donors (Lipinski definition) is 0. The molecule has 0 radical (unpaired) electrons. The van der Waals surface area contributed by atoms with Crippen LogP contribution in [0.4, 0.5) is 0 Å². The van der Waals surface area contributed by atoms with Crippen LogP contribution < -0.4 is 0 Å². The number of aromatic nitrogens is 7. The van der Waals surface area contributed by atoms with Gasteiger partial charge in [-0.3, -0.25) is 9.55 Å². The third-order valence-electron chi connectivity index (χ3n) is 4.83. The van der Waals surface area contributed by atoms with Crippen molar-refractivity contribution in [3.63, 3.8) is 0 Å². The Morgan fingerprint density at radius 2 is 1.74 bits per heavy atom. The van der Waals surface area contributed by atoms with Crippen LogP contribution in [0, 0.1) is 20.8 Å². The monoisotopic (exact) mass is 355 g/mol. The maximum absolute atomic E-state index is 4.75. The zero-order valence-electron chi connectivity index (χ0n) is 15.2. The van der Waals surface area contributed by atoms with Crippen molar-refractivity contribution in [2.24, 2.45) is 0 Å². The topological polar surface area (TPSA) is 73.8 Å². The summed E-state index contributed by atoms with van der Waals surface area (Å²) in [5.74, 6) is 1.44. The summed E-state index contributed by atoms with van der Waals surface area (Å²) < 4.78 is 3.79. The summed E-state index contributed by atoms with van der Waals surface area (Å²) >= 11 is 0. The highest BCUT2D eigenvalue weighted by molar-refractivity contribution is 5.95. The number of aryl methyl sites for hydroxylation is 2. The molecule has 0 aromatic carbocycles. The van der Waals surface area contributed by atoms with Crippen molar-refractivity contribution < 1.29 is 0 Å². The first-order chi connectivity index (χ1) is 13.1. The minimum atomic E-state index is 0.586. The van der Waals surface area contributed by atoms with Crippen LogP contribution in [0.2, 0.25) is 0 Å². The van der Waals surface area contributed by atoms with Crippen molar-refractivity contribution >= 4 is 16.7 Å². The Morgan fingerprint density at radius 1 is 0.852 bits per heavy atom. The number of nitrogens with zero attached hydrogens (tertiary/aromatic N) is 7. The molecule has 132 valence electrons. The van der Waals surface area contributed by atoms with Crippen molar-refractivity contribution in [2.75, 3.05) is 0 Å². The summed E-state index contributed by atoms with van der Waals surface area (Å²) in [5, 5.41) is 5.54. The summed E-state index contributed by atoms with van der Waals surface area (Å²) in [4.78, 5) is 18.4. The lowest BCUT2D eigenvalue weighted by Gasteiger charge is -2.07. The first-order valence-electron chi connectivity index (χ1n) is 8.72. The molecule has 27 heavy (non-hydrogen) atoms. The van der Waals surface area contributed by atoms with Gasteiger partial charge in [0.2, 0.25) is 5.82 Å². The van der Waals surface area contributed by atoms with Crippen LogP contribution >= 0.6 is 0 Å². The van der Waals surface area contributed by atoms with Gasteiger partial charge in [-0.05, 0) is 50.6 Å². The normalized spacial score (nSPS) is 11.5. The van der Waals surface area contributed by atoms with Gasteiger partial charge in [0.15, 0.2) is 11.3 Å². The Labute approximate surface area is 155 Å². The maximum Gasteiger partial charge on any atom is 0.200 e. The summed E-state index contributed by atoms with van der Waals surface area (Å²) in [6, 6.07) is 11.7. The summed E-state index contributed by atoms with van der Waals surface area (Å²) in [7, 11) is 0. The van der Waals surface area contributed by atoms with Gasteiger partial charge in [-0.15, -0.1) is 5.10 Å². The Kier molecular flexibility index (Phi) is 3.30. The minimum absolute atomic E-state index is 0.586. The van der Waals surface area contributed by atoms with Crippen molar-refractivity contribution in [1.82, 2.24) is 34.1 Å². The first kappa shape index (κ1) is 15.6. The second-order valence-corrected chi connectivity index (χ2v) is 6.54. The molecule has 0 fully saturated rings. The molecule has 7 heteroatoms. The molecule has 0 aliphatic heterocycles. The molecule has 0 saturated heterocycles. The predicted molar refractivity (Wildman–Crippen MR) is 103 cm³/mol. The lowest BCUT2D eigenvalue weighted by molar-refractivity contribution is 0.914. The zero-order chi connectivity index (χ0) is 18.5. The van der Waals surface area contributed by atoms with Crippen LogP contribution in [0.15, 0.2) is 48.9 Å². The highest BCUT2D eigenvalue weighted by Gasteiger charge is 2.20. The van der Waals surface area contributed by atoms with Gasteiger partial charge in [-0.1, -0.05) is 12.1 Å². The van der Waals surface area contributed by atoms with Crippen LogP contribution in [0.1, 0.15) is 17.0 Å². The zero-order valence-corrected chi connectivity index (χ0v) is 15.2. The summed E-state index contributed by atoms with van der Waals surface area (Å²) in [6.45, 7) is 6.15. The highest BCUT2D eigenvalue weighted by atomic mass is 15.3. The quantitative estimate of drug-likeness (QED) is 0.485. The van der Waals surface area contributed by atoms with Gasteiger partial charge in [0.1, 0.15) is 17.8 Å². The smallest absolute Gasteiger partial charge is 0.200 e. The molecule has 0 aliphatic rings. The summed E-state index contributed by atoms with van der Waals surface area (Å²) in [6.07, 6.45) is 3.44. The van der Waals surface area contributed by atoms with Gasteiger partial charge in [0, 0.05) is 17.6 Å². The fraction of sp³-hybridized carbons (Fsp3) is 0.150. The Hall–Kier alpha value is -3.61. The molecule has 0 saturated carbocycles. The van der Waals surface area contributed by atoms with Gasteiger partial charge >= 0.3 is 0 Å².